The second-order valence-corrected chi connectivity index (χ2v) is 2.67. The van der Waals surface area contributed by atoms with Gasteiger partial charge in [-0.3, -0.25) is 4.98 Å². The van der Waals surface area contributed by atoms with Crippen molar-refractivity contribution in [3.8, 4) is 0 Å². The molecule has 0 aromatic carbocycles. The predicted molar refractivity (Wildman–Crippen MR) is 47.2 cm³/mol. The molecule has 2 aromatic rings. The van der Waals surface area contributed by atoms with Crippen LogP contribution in [-0.2, 0) is 0 Å². The molecule has 0 saturated heterocycles. The smallest absolute Gasteiger partial charge is 0.351 e. The van der Waals surface area contributed by atoms with Crippen molar-refractivity contribution in [2.75, 3.05) is 0 Å². The molecule has 0 spiro atoms. The number of aromatic carboxylic acids is 1. The third-order valence-electron chi connectivity index (χ3n) is 1.77. The lowest BCUT2D eigenvalue weighted by atomic mass is 10.2. The van der Waals surface area contributed by atoms with Crippen molar-refractivity contribution in [2.45, 2.75) is 0 Å². The van der Waals surface area contributed by atoms with Gasteiger partial charge in [0.25, 0.3) is 0 Å². The Morgan fingerprint density at radius 2 is 2.29 bits per heavy atom. The molecule has 5 nitrogen and oxygen atoms in total. The first-order chi connectivity index (χ1) is 6.68. The highest BCUT2D eigenvalue weighted by Crippen LogP contribution is 2.10. The van der Waals surface area contributed by atoms with Gasteiger partial charge < -0.3 is 9.52 Å². The van der Waals surface area contributed by atoms with Gasteiger partial charge in [-0.15, -0.1) is 0 Å². The van der Waals surface area contributed by atoms with Gasteiger partial charge in [-0.2, -0.15) is 0 Å². The van der Waals surface area contributed by atoms with Crippen LogP contribution in [0.3, 0.4) is 0 Å². The Morgan fingerprint density at radius 1 is 1.50 bits per heavy atom. The Balaban J connectivity index is 2.84. The van der Waals surface area contributed by atoms with E-state index in [0.29, 0.717) is 5.39 Å². The molecule has 0 aliphatic rings. The van der Waals surface area contributed by atoms with E-state index in [-0.39, 0.29) is 11.1 Å². The van der Waals surface area contributed by atoms with E-state index in [1.165, 1.54) is 18.5 Å². The number of carbonyl (C=O) groups is 1. The fourth-order valence-corrected chi connectivity index (χ4v) is 1.11. The minimum absolute atomic E-state index is 0.280. The van der Waals surface area contributed by atoms with E-state index in [1.54, 1.807) is 6.07 Å². The molecule has 0 radical (unpaired) electrons. The second-order valence-electron chi connectivity index (χ2n) is 2.67. The molecule has 1 N–H and O–H groups in total. The monoisotopic (exact) mass is 191 g/mol. The summed E-state index contributed by atoms with van der Waals surface area (Å²) in [5, 5.41) is 9.19. The van der Waals surface area contributed by atoms with Crippen molar-refractivity contribution in [1.82, 2.24) is 4.98 Å². The second kappa shape index (κ2) is 2.95. The average Bonchev–Trinajstić information content (AvgIpc) is 2.16. The van der Waals surface area contributed by atoms with Crippen LogP contribution in [0.2, 0.25) is 0 Å². The van der Waals surface area contributed by atoms with Crippen molar-refractivity contribution in [3.05, 3.63) is 40.5 Å². The van der Waals surface area contributed by atoms with Crippen LogP contribution in [-0.4, -0.2) is 16.1 Å². The summed E-state index contributed by atoms with van der Waals surface area (Å²) in [6, 6.07) is 2.84. The first-order valence-corrected chi connectivity index (χ1v) is 3.79. The third-order valence-corrected chi connectivity index (χ3v) is 1.77. The molecule has 2 rings (SSSR count). The van der Waals surface area contributed by atoms with Crippen LogP contribution in [0.25, 0.3) is 11.0 Å². The third kappa shape index (κ3) is 1.24. The quantitative estimate of drug-likeness (QED) is 0.723. The van der Waals surface area contributed by atoms with E-state index in [0.717, 1.165) is 0 Å². The van der Waals surface area contributed by atoms with Crippen LogP contribution in [0.1, 0.15) is 10.4 Å². The molecule has 0 bridgehead atoms. The Hall–Kier alpha value is -2.17. The van der Waals surface area contributed by atoms with Crippen molar-refractivity contribution in [3.63, 3.8) is 0 Å². The van der Waals surface area contributed by atoms with Crippen LogP contribution in [0, 0.1) is 0 Å². The van der Waals surface area contributed by atoms with Crippen molar-refractivity contribution < 1.29 is 14.3 Å². The minimum atomic E-state index is -1.29. The molecular weight excluding hydrogens is 186 g/mol. The van der Waals surface area contributed by atoms with E-state index in [2.05, 4.69) is 4.98 Å². The topological polar surface area (TPSA) is 80.4 Å². The van der Waals surface area contributed by atoms with E-state index in [4.69, 9.17) is 9.52 Å². The molecule has 5 heteroatoms. The molecule has 0 amide bonds. The van der Waals surface area contributed by atoms with E-state index in [9.17, 15) is 9.59 Å². The van der Waals surface area contributed by atoms with E-state index >= 15 is 0 Å². The van der Waals surface area contributed by atoms with Gasteiger partial charge in [0.15, 0.2) is 5.58 Å². The van der Waals surface area contributed by atoms with Crippen LogP contribution < -0.4 is 5.63 Å². The Bertz CT molecular complexity index is 558. The molecule has 2 aromatic heterocycles. The Kier molecular flexibility index (Phi) is 1.78. The molecule has 0 aliphatic heterocycles. The lowest BCUT2D eigenvalue weighted by Crippen LogP contribution is -2.12. The van der Waals surface area contributed by atoms with Gasteiger partial charge >= 0.3 is 11.6 Å². The molecule has 0 atom stereocenters. The van der Waals surface area contributed by atoms with Gasteiger partial charge in [-0.05, 0) is 12.1 Å². The molecular formula is C9H5NO4. The van der Waals surface area contributed by atoms with Gasteiger partial charge in [0, 0.05) is 11.6 Å². The summed E-state index contributed by atoms with van der Waals surface area (Å²) in [4.78, 5) is 25.4. The average molecular weight is 191 g/mol. The lowest BCUT2D eigenvalue weighted by molar-refractivity contribution is 0.0692. The predicted octanol–water partition coefficient (Wildman–Crippen LogP) is 0.886. The van der Waals surface area contributed by atoms with Crippen molar-refractivity contribution in [2.24, 2.45) is 0 Å². The number of hydrogen-bond donors (Lipinski definition) is 1. The molecule has 0 unspecified atom stereocenters. The van der Waals surface area contributed by atoms with Crippen LogP contribution in [0.4, 0.5) is 0 Å². The maximum atomic E-state index is 11.1. The van der Waals surface area contributed by atoms with E-state index < -0.39 is 11.6 Å². The van der Waals surface area contributed by atoms with E-state index in [1.807, 2.05) is 0 Å². The molecule has 2 heterocycles. The number of carboxylic acid groups (broad SMARTS) is 1. The summed E-state index contributed by atoms with van der Waals surface area (Å²) < 4.78 is 4.76. The van der Waals surface area contributed by atoms with Gasteiger partial charge in [0.1, 0.15) is 5.56 Å². The van der Waals surface area contributed by atoms with Crippen molar-refractivity contribution >= 4 is 16.9 Å². The standard InChI is InChI=1S/C9H5NO4/c11-8(12)6-3-5-1-2-10-4-7(5)14-9(6)13/h1-4H,(H,11,12). The number of fused-ring (bicyclic) bond motifs is 1. The summed E-state index contributed by atoms with van der Waals surface area (Å²) in [7, 11) is 0. The van der Waals surface area contributed by atoms with Gasteiger partial charge in [0.05, 0.1) is 6.20 Å². The number of nitrogens with zero attached hydrogens (tertiary/aromatic N) is 1. The molecule has 0 saturated carbocycles. The number of rotatable bonds is 1. The molecule has 0 fully saturated rings. The number of aromatic nitrogens is 1. The molecule has 14 heavy (non-hydrogen) atoms. The number of carboxylic acids is 1. The first kappa shape index (κ1) is 8.43. The Morgan fingerprint density at radius 3 is 3.00 bits per heavy atom. The first-order valence-electron chi connectivity index (χ1n) is 3.79. The van der Waals surface area contributed by atoms with Crippen LogP contribution >= 0.6 is 0 Å². The minimum Gasteiger partial charge on any atom is -0.477 e. The maximum Gasteiger partial charge on any atom is 0.351 e. The summed E-state index contributed by atoms with van der Waals surface area (Å²) in [6.07, 6.45) is 2.86. The zero-order valence-corrected chi connectivity index (χ0v) is 6.93. The fraction of sp³-hybridized carbons (Fsp3) is 0. The fourth-order valence-electron chi connectivity index (χ4n) is 1.11. The summed E-state index contributed by atoms with van der Waals surface area (Å²) in [5.41, 5.74) is -0.954. The molecule has 70 valence electrons. The number of hydrogen-bond acceptors (Lipinski definition) is 4. The van der Waals surface area contributed by atoms with Crippen LogP contribution in [0.5, 0.6) is 0 Å². The van der Waals surface area contributed by atoms with Gasteiger partial charge in [-0.1, -0.05) is 0 Å². The molecule has 0 aliphatic carbocycles. The summed E-state index contributed by atoms with van der Waals surface area (Å²) >= 11 is 0. The Labute approximate surface area is 77.6 Å². The summed E-state index contributed by atoms with van der Waals surface area (Å²) in [5.74, 6) is -1.29. The maximum absolute atomic E-state index is 11.1. The number of pyridine rings is 1. The van der Waals surface area contributed by atoms with Crippen LogP contribution in [0.15, 0.2) is 33.7 Å². The summed E-state index contributed by atoms with van der Waals surface area (Å²) in [6.45, 7) is 0. The SMILES string of the molecule is O=C(O)c1cc2ccncc2oc1=O. The van der Waals surface area contributed by atoms with Gasteiger partial charge in [-0.25, -0.2) is 9.59 Å². The lowest BCUT2D eigenvalue weighted by Gasteiger charge is -1.96. The normalized spacial score (nSPS) is 10.3. The highest BCUT2D eigenvalue weighted by Gasteiger charge is 2.11. The highest BCUT2D eigenvalue weighted by atomic mass is 16.4. The largest absolute Gasteiger partial charge is 0.477 e. The zero-order chi connectivity index (χ0) is 10.1. The highest BCUT2D eigenvalue weighted by molar-refractivity contribution is 5.91. The zero-order valence-electron chi connectivity index (χ0n) is 6.93. The van der Waals surface area contributed by atoms with Crippen molar-refractivity contribution in [1.29, 1.82) is 0 Å². The van der Waals surface area contributed by atoms with Gasteiger partial charge in [0.2, 0.25) is 0 Å².